The predicted octanol–water partition coefficient (Wildman–Crippen LogP) is 5.18. The number of hydrogen-bond donors (Lipinski definition) is 2. The van der Waals surface area contributed by atoms with Crippen LogP contribution in [0, 0.1) is 22.2 Å². The number of amides is 2. The van der Waals surface area contributed by atoms with Crippen LogP contribution in [-0.4, -0.2) is 74.0 Å². The fraction of sp³-hybridized carbons (Fsp3) is 0.931. The lowest BCUT2D eigenvalue weighted by Gasteiger charge is -2.32. The molecule has 0 aromatic heterocycles. The van der Waals surface area contributed by atoms with E-state index in [4.69, 9.17) is 0 Å². The van der Waals surface area contributed by atoms with Gasteiger partial charge in [-0.25, -0.2) is 0 Å². The summed E-state index contributed by atoms with van der Waals surface area (Å²) in [4.78, 5) is 29.5. The van der Waals surface area contributed by atoms with Crippen molar-refractivity contribution in [2.75, 3.05) is 52.4 Å². The summed E-state index contributed by atoms with van der Waals surface area (Å²) in [5, 5.41) is 6.28. The maximum absolute atomic E-state index is 12.4. The minimum Gasteiger partial charge on any atom is -0.356 e. The number of nitrogens with one attached hydrogen (secondary N) is 2. The average Bonchev–Trinajstić information content (AvgIpc) is 2.70. The van der Waals surface area contributed by atoms with E-state index in [-0.39, 0.29) is 28.1 Å². The van der Waals surface area contributed by atoms with Gasteiger partial charge in [-0.2, -0.15) is 0 Å². The molecule has 6 heteroatoms. The van der Waals surface area contributed by atoms with Crippen molar-refractivity contribution in [3.05, 3.63) is 0 Å². The third-order valence-corrected chi connectivity index (χ3v) is 6.44. The molecule has 0 saturated heterocycles. The van der Waals surface area contributed by atoms with Gasteiger partial charge in [0.15, 0.2) is 0 Å². The fourth-order valence-electron chi connectivity index (χ4n) is 5.19. The van der Waals surface area contributed by atoms with E-state index in [2.05, 4.69) is 96.6 Å². The van der Waals surface area contributed by atoms with Gasteiger partial charge in [0.25, 0.3) is 0 Å². The second-order valence-electron chi connectivity index (χ2n) is 13.6. The molecule has 0 fully saturated rings. The molecular formula is C29H60N4O2. The van der Waals surface area contributed by atoms with Crippen molar-refractivity contribution in [3.63, 3.8) is 0 Å². The van der Waals surface area contributed by atoms with Crippen LogP contribution < -0.4 is 10.6 Å². The maximum atomic E-state index is 12.4. The molecule has 0 aliphatic heterocycles. The van der Waals surface area contributed by atoms with Crippen LogP contribution in [0.5, 0.6) is 0 Å². The summed E-state index contributed by atoms with van der Waals surface area (Å²) in [5.74, 6) is 0.902. The summed E-state index contributed by atoms with van der Waals surface area (Å²) in [7, 11) is 0. The summed E-state index contributed by atoms with van der Waals surface area (Å²) in [6.07, 6.45) is 3.24. The zero-order valence-corrected chi connectivity index (χ0v) is 25.3. The topological polar surface area (TPSA) is 64.7 Å². The van der Waals surface area contributed by atoms with Gasteiger partial charge >= 0.3 is 0 Å². The average molecular weight is 497 g/mol. The highest BCUT2D eigenvalue weighted by Gasteiger charge is 2.26. The van der Waals surface area contributed by atoms with Gasteiger partial charge in [-0.05, 0) is 48.1 Å². The van der Waals surface area contributed by atoms with E-state index >= 15 is 0 Å². The molecule has 0 heterocycles. The summed E-state index contributed by atoms with van der Waals surface area (Å²) in [6, 6.07) is 0. The van der Waals surface area contributed by atoms with Crippen LogP contribution >= 0.6 is 0 Å². The molecule has 0 aliphatic rings. The fourth-order valence-corrected chi connectivity index (χ4v) is 5.19. The molecule has 0 atom stereocenters. The van der Waals surface area contributed by atoms with Crippen LogP contribution in [-0.2, 0) is 9.59 Å². The predicted molar refractivity (Wildman–Crippen MR) is 151 cm³/mol. The third-order valence-electron chi connectivity index (χ3n) is 6.44. The van der Waals surface area contributed by atoms with Crippen molar-refractivity contribution >= 4 is 11.8 Å². The molecule has 0 aromatic rings. The number of likely N-dealkylation sites (N-methyl/N-ethyl adjacent to an activating group) is 2. The number of carbonyl (C=O) groups excluding carboxylic acids is 2. The highest BCUT2D eigenvalue weighted by molar-refractivity contribution is 5.76. The molecule has 6 nitrogen and oxygen atoms in total. The standard InChI is InChI=1S/C29H60N4O2/c1-12-32(16-14-25(34)30-22-28(8,9)20-24(3)4)18-19-33(13-2)17-15-26(35)31-23-29(10,11)21-27(5,6)7/h24H,12-23H2,1-11H3,(H,30,34)(H,31,35). The van der Waals surface area contributed by atoms with E-state index in [9.17, 15) is 9.59 Å². The van der Waals surface area contributed by atoms with Gasteiger partial charge in [0.2, 0.25) is 11.8 Å². The second kappa shape index (κ2) is 15.9. The first kappa shape index (κ1) is 33.9. The molecule has 208 valence electrons. The zero-order valence-electron chi connectivity index (χ0n) is 25.3. The van der Waals surface area contributed by atoms with Crippen molar-refractivity contribution in [2.24, 2.45) is 22.2 Å². The van der Waals surface area contributed by atoms with E-state index in [1.54, 1.807) is 0 Å². The highest BCUT2D eigenvalue weighted by atomic mass is 16.2. The number of hydrogen-bond acceptors (Lipinski definition) is 4. The minimum absolute atomic E-state index is 0.0937. The van der Waals surface area contributed by atoms with Crippen LogP contribution in [0.3, 0.4) is 0 Å². The molecule has 0 aromatic carbocycles. The van der Waals surface area contributed by atoms with Gasteiger partial charge < -0.3 is 20.4 Å². The first-order valence-electron chi connectivity index (χ1n) is 14.0. The molecular weight excluding hydrogens is 436 g/mol. The van der Waals surface area contributed by atoms with Gasteiger partial charge in [0.05, 0.1) is 0 Å². The minimum atomic E-state index is 0.0937. The Bertz CT molecular complexity index is 608. The van der Waals surface area contributed by atoms with Crippen LogP contribution in [0.25, 0.3) is 0 Å². The van der Waals surface area contributed by atoms with Crippen molar-refractivity contribution in [2.45, 2.75) is 102 Å². The Morgan fingerprint density at radius 1 is 0.686 bits per heavy atom. The van der Waals surface area contributed by atoms with E-state index in [0.717, 1.165) is 65.2 Å². The SMILES string of the molecule is CCN(CCC(=O)NCC(C)(C)CC(C)C)CCN(CC)CCC(=O)NCC(C)(C)CC(C)(C)C. The normalized spacial score (nSPS) is 13.1. The van der Waals surface area contributed by atoms with Crippen molar-refractivity contribution in [1.29, 1.82) is 0 Å². The van der Waals surface area contributed by atoms with Gasteiger partial charge in [0.1, 0.15) is 0 Å². The summed E-state index contributed by atoms with van der Waals surface area (Å²) < 4.78 is 0. The maximum Gasteiger partial charge on any atom is 0.221 e. The Morgan fingerprint density at radius 3 is 1.43 bits per heavy atom. The molecule has 0 unspecified atom stereocenters. The van der Waals surface area contributed by atoms with Crippen molar-refractivity contribution in [1.82, 2.24) is 20.4 Å². The Morgan fingerprint density at radius 2 is 1.09 bits per heavy atom. The molecule has 0 radical (unpaired) electrons. The van der Waals surface area contributed by atoms with E-state index in [1.165, 1.54) is 0 Å². The van der Waals surface area contributed by atoms with Crippen molar-refractivity contribution < 1.29 is 9.59 Å². The number of nitrogens with zero attached hydrogens (tertiary/aromatic N) is 2. The lowest BCUT2D eigenvalue weighted by molar-refractivity contribution is -0.122. The second-order valence-corrected chi connectivity index (χ2v) is 13.6. The first-order chi connectivity index (χ1) is 16.0. The van der Waals surface area contributed by atoms with Crippen LogP contribution in [0.2, 0.25) is 0 Å². The zero-order chi connectivity index (χ0) is 27.3. The molecule has 0 rings (SSSR count). The molecule has 35 heavy (non-hydrogen) atoms. The first-order valence-corrected chi connectivity index (χ1v) is 14.0. The van der Waals surface area contributed by atoms with E-state index in [1.807, 2.05) is 0 Å². The molecule has 0 aliphatic carbocycles. The van der Waals surface area contributed by atoms with Gasteiger partial charge in [-0.15, -0.1) is 0 Å². The van der Waals surface area contributed by atoms with Gasteiger partial charge in [-0.3, -0.25) is 9.59 Å². The molecule has 2 N–H and O–H groups in total. The third kappa shape index (κ3) is 18.7. The molecule has 0 bridgehead atoms. The van der Waals surface area contributed by atoms with E-state index < -0.39 is 0 Å². The molecule has 0 saturated carbocycles. The van der Waals surface area contributed by atoms with Crippen LogP contribution in [0.15, 0.2) is 0 Å². The summed E-state index contributed by atoms with van der Waals surface area (Å²) in [5.41, 5.74) is 0.477. The highest BCUT2D eigenvalue weighted by Crippen LogP contribution is 2.32. The van der Waals surface area contributed by atoms with Crippen molar-refractivity contribution in [3.8, 4) is 0 Å². The van der Waals surface area contributed by atoms with E-state index in [0.29, 0.717) is 18.8 Å². The Balaban J connectivity index is 4.34. The van der Waals surface area contributed by atoms with Gasteiger partial charge in [0, 0.05) is 52.1 Å². The Labute approximate surface area is 218 Å². The largest absolute Gasteiger partial charge is 0.356 e. The Kier molecular flexibility index (Phi) is 15.3. The summed E-state index contributed by atoms with van der Waals surface area (Å²) in [6.45, 7) is 31.0. The Hall–Kier alpha value is -1.14. The lowest BCUT2D eigenvalue weighted by Crippen LogP contribution is -2.40. The van der Waals surface area contributed by atoms with Crippen LogP contribution in [0.1, 0.15) is 102 Å². The monoisotopic (exact) mass is 496 g/mol. The molecule has 2 amide bonds. The lowest BCUT2D eigenvalue weighted by atomic mass is 9.76. The van der Waals surface area contributed by atoms with Crippen LogP contribution in [0.4, 0.5) is 0 Å². The quantitative estimate of drug-likeness (QED) is 0.274. The summed E-state index contributed by atoms with van der Waals surface area (Å²) >= 11 is 0. The number of carbonyl (C=O) groups is 2. The van der Waals surface area contributed by atoms with Gasteiger partial charge in [-0.1, -0.05) is 76.2 Å². The number of rotatable bonds is 18. The smallest absolute Gasteiger partial charge is 0.221 e. The molecule has 0 spiro atoms.